The van der Waals surface area contributed by atoms with Gasteiger partial charge in [-0.15, -0.1) is 5.73 Å². The number of aliphatic imine (C=N–C) groups is 1. The number of carbonyl (C=O) groups is 3. The average Bonchev–Trinajstić information content (AvgIpc) is 2.98. The van der Waals surface area contributed by atoms with Crippen LogP contribution in [0.2, 0.25) is 0 Å². The van der Waals surface area contributed by atoms with Gasteiger partial charge in [-0.1, -0.05) is 70.0 Å². The summed E-state index contributed by atoms with van der Waals surface area (Å²) in [5.74, 6) is -2.36. The van der Waals surface area contributed by atoms with Crippen molar-refractivity contribution in [2.75, 3.05) is 11.9 Å². The molecule has 1 aromatic carbocycles. The van der Waals surface area contributed by atoms with Gasteiger partial charge >= 0.3 is 0 Å². The minimum Gasteiger partial charge on any atom is -0.369 e. The van der Waals surface area contributed by atoms with E-state index in [2.05, 4.69) is 11.0 Å². The van der Waals surface area contributed by atoms with Crippen molar-refractivity contribution < 1.29 is 14.4 Å². The number of benzene rings is 1. The Kier molecular flexibility index (Phi) is 12.0. The van der Waals surface area contributed by atoms with E-state index in [-0.39, 0.29) is 17.7 Å². The van der Waals surface area contributed by atoms with Gasteiger partial charge in [0.2, 0.25) is 18.0 Å². The lowest BCUT2D eigenvalue weighted by Gasteiger charge is -2.27. The molecule has 3 unspecified atom stereocenters. The third-order valence-electron chi connectivity index (χ3n) is 6.52. The maximum absolute atomic E-state index is 13.7. The first kappa shape index (κ1) is 30.5. The first-order chi connectivity index (χ1) is 18.2. The minimum absolute atomic E-state index is 0.158. The lowest BCUT2D eigenvalue weighted by molar-refractivity contribution is -0.136. The summed E-state index contributed by atoms with van der Waals surface area (Å²) >= 11 is 0. The molecule has 0 aromatic heterocycles. The number of nitrogens with zero attached hydrogens (tertiary/aromatic N) is 2. The summed E-state index contributed by atoms with van der Waals surface area (Å²) < 4.78 is 0. The van der Waals surface area contributed by atoms with E-state index in [1.165, 1.54) is 4.90 Å². The standard InChI is InChI=1S/C31H42N4O3/c1-7-10-12-16-22(15-9-3)27-24-18-13-14-19-26(24)35(6)31(38)29(33-27)34-30(37)25(20-21(4)5)23(28(32)36)17-11-8-2/h7,9-10,12-15,18-19,21,23,25,29H,8,11,17,20H2,1-6H3,(H2,32,36)(H,34,37)/b10-7+,15-9-. The Morgan fingerprint density at radius 2 is 1.89 bits per heavy atom. The molecule has 3 amide bonds. The Morgan fingerprint density at radius 1 is 1.18 bits per heavy atom. The zero-order valence-electron chi connectivity index (χ0n) is 23.5. The molecule has 7 nitrogen and oxygen atoms in total. The second-order valence-corrected chi connectivity index (χ2v) is 9.94. The van der Waals surface area contributed by atoms with Crippen LogP contribution in [-0.4, -0.2) is 36.6 Å². The highest BCUT2D eigenvalue weighted by atomic mass is 16.2. The third-order valence-corrected chi connectivity index (χ3v) is 6.52. The Hall–Kier alpha value is -3.70. The van der Waals surface area contributed by atoms with Gasteiger partial charge in [0.1, 0.15) is 0 Å². The Morgan fingerprint density at radius 3 is 2.50 bits per heavy atom. The van der Waals surface area contributed by atoms with E-state index in [4.69, 9.17) is 10.7 Å². The van der Waals surface area contributed by atoms with Gasteiger partial charge in [-0.05, 0) is 50.8 Å². The lowest BCUT2D eigenvalue weighted by Crippen LogP contribution is -2.50. The van der Waals surface area contributed by atoms with Crippen LogP contribution in [0.5, 0.6) is 0 Å². The van der Waals surface area contributed by atoms with E-state index >= 15 is 0 Å². The molecule has 3 N–H and O–H groups in total. The number of amides is 3. The van der Waals surface area contributed by atoms with Crippen molar-refractivity contribution in [1.82, 2.24) is 5.32 Å². The average molecular weight is 519 g/mol. The van der Waals surface area contributed by atoms with Gasteiger partial charge in [0.15, 0.2) is 0 Å². The van der Waals surface area contributed by atoms with Crippen molar-refractivity contribution >= 4 is 29.1 Å². The van der Waals surface area contributed by atoms with Crippen molar-refractivity contribution in [1.29, 1.82) is 0 Å². The number of benzodiazepines with no additional fused rings is 1. The molecule has 1 aliphatic heterocycles. The predicted molar refractivity (Wildman–Crippen MR) is 155 cm³/mol. The number of nitrogens with one attached hydrogen (secondary N) is 1. The SMILES string of the molecule is C/C=C\C(=C=C/C=C/C)C1=NC(NC(=O)C(CC(C)C)C(CCCC)C(N)=O)C(=O)N(C)c2ccccc21. The molecule has 204 valence electrons. The number of nitrogens with two attached hydrogens (primary N) is 1. The van der Waals surface area contributed by atoms with Gasteiger partial charge in [-0.2, -0.15) is 0 Å². The second kappa shape index (κ2) is 14.9. The molecule has 0 bridgehead atoms. The van der Waals surface area contributed by atoms with Crippen LogP contribution in [0.3, 0.4) is 0 Å². The van der Waals surface area contributed by atoms with Crippen LogP contribution < -0.4 is 16.0 Å². The lowest BCUT2D eigenvalue weighted by atomic mass is 9.81. The van der Waals surface area contributed by atoms with E-state index in [1.807, 2.05) is 83.2 Å². The van der Waals surface area contributed by atoms with Crippen molar-refractivity contribution in [2.45, 2.75) is 66.5 Å². The molecule has 0 saturated carbocycles. The molecule has 1 aliphatic rings. The van der Waals surface area contributed by atoms with Crippen LogP contribution in [0.4, 0.5) is 5.69 Å². The van der Waals surface area contributed by atoms with Crippen LogP contribution in [0.1, 0.15) is 65.9 Å². The Bertz CT molecular complexity index is 1160. The van der Waals surface area contributed by atoms with Gasteiger partial charge in [0, 0.05) is 30.0 Å². The van der Waals surface area contributed by atoms with Crippen LogP contribution in [0, 0.1) is 17.8 Å². The van der Waals surface area contributed by atoms with Gasteiger partial charge < -0.3 is 16.0 Å². The summed E-state index contributed by atoms with van der Waals surface area (Å²) in [5, 5.41) is 2.87. The number of likely N-dealkylation sites (N-methyl/N-ethyl adjacent to an activating group) is 1. The maximum atomic E-state index is 13.7. The van der Waals surface area contributed by atoms with E-state index < -0.39 is 23.9 Å². The maximum Gasteiger partial charge on any atom is 0.272 e. The molecule has 0 radical (unpaired) electrons. The smallest absolute Gasteiger partial charge is 0.272 e. The van der Waals surface area contributed by atoms with E-state index in [1.54, 1.807) is 13.1 Å². The molecule has 0 aliphatic carbocycles. The number of hydrogen-bond acceptors (Lipinski definition) is 4. The number of rotatable bonds is 12. The highest BCUT2D eigenvalue weighted by Gasteiger charge is 2.37. The number of hydrogen-bond donors (Lipinski definition) is 2. The Balaban J connectivity index is 2.63. The number of carbonyl (C=O) groups excluding carboxylic acids is 3. The van der Waals surface area contributed by atoms with Crippen molar-refractivity contribution in [3.05, 3.63) is 71.5 Å². The quantitative estimate of drug-likeness (QED) is 0.298. The number of primary amides is 1. The van der Waals surface area contributed by atoms with Crippen molar-refractivity contribution in [2.24, 2.45) is 28.5 Å². The zero-order valence-corrected chi connectivity index (χ0v) is 23.5. The second-order valence-electron chi connectivity index (χ2n) is 9.94. The molecular weight excluding hydrogens is 476 g/mol. The predicted octanol–water partition coefficient (Wildman–Crippen LogP) is 5.08. The fourth-order valence-corrected chi connectivity index (χ4v) is 4.60. The molecule has 7 heteroatoms. The molecule has 1 aromatic rings. The largest absolute Gasteiger partial charge is 0.369 e. The molecule has 3 atom stereocenters. The summed E-state index contributed by atoms with van der Waals surface area (Å²) in [6.07, 6.45) is 10.8. The van der Waals surface area contributed by atoms with Gasteiger partial charge in [0.05, 0.1) is 11.4 Å². The van der Waals surface area contributed by atoms with Crippen LogP contribution in [0.15, 0.2) is 70.9 Å². The van der Waals surface area contributed by atoms with Crippen LogP contribution in [0.25, 0.3) is 0 Å². The number of fused-ring (bicyclic) bond motifs is 1. The fourth-order valence-electron chi connectivity index (χ4n) is 4.60. The summed E-state index contributed by atoms with van der Waals surface area (Å²) in [6.45, 7) is 9.85. The number of allylic oxidation sites excluding steroid dienone is 5. The van der Waals surface area contributed by atoms with Gasteiger partial charge in [0.25, 0.3) is 5.91 Å². The van der Waals surface area contributed by atoms with Crippen LogP contribution >= 0.6 is 0 Å². The molecule has 1 heterocycles. The van der Waals surface area contributed by atoms with Crippen molar-refractivity contribution in [3.63, 3.8) is 0 Å². The first-order valence-electron chi connectivity index (χ1n) is 13.4. The van der Waals surface area contributed by atoms with Crippen LogP contribution in [-0.2, 0) is 14.4 Å². The normalized spacial score (nSPS) is 17.0. The summed E-state index contributed by atoms with van der Waals surface area (Å²) in [7, 11) is 1.67. The van der Waals surface area contributed by atoms with Crippen molar-refractivity contribution in [3.8, 4) is 0 Å². The number of anilines is 1. The molecule has 0 spiro atoms. The topological polar surface area (TPSA) is 105 Å². The van der Waals surface area contributed by atoms with Gasteiger partial charge in [-0.3, -0.25) is 14.4 Å². The molecular formula is C31H42N4O3. The number of unbranched alkanes of at least 4 members (excludes halogenated alkanes) is 1. The minimum atomic E-state index is -1.17. The summed E-state index contributed by atoms with van der Waals surface area (Å²) in [5.41, 5.74) is 11.7. The fraction of sp³-hybridized carbons (Fsp3) is 0.452. The number of para-hydroxylation sites is 1. The molecule has 2 rings (SSSR count). The third kappa shape index (κ3) is 7.90. The summed E-state index contributed by atoms with van der Waals surface area (Å²) in [4.78, 5) is 46.0. The molecule has 0 saturated heterocycles. The molecule has 38 heavy (non-hydrogen) atoms. The Labute approximate surface area is 227 Å². The van der Waals surface area contributed by atoms with Gasteiger partial charge in [-0.25, -0.2) is 4.99 Å². The first-order valence-corrected chi connectivity index (χ1v) is 13.4. The summed E-state index contributed by atoms with van der Waals surface area (Å²) in [6, 6.07) is 7.50. The van der Waals surface area contributed by atoms with E-state index in [0.717, 1.165) is 18.4 Å². The van der Waals surface area contributed by atoms with E-state index in [9.17, 15) is 14.4 Å². The highest BCUT2D eigenvalue weighted by Crippen LogP contribution is 2.29. The monoisotopic (exact) mass is 518 g/mol. The zero-order chi connectivity index (χ0) is 28.2. The van der Waals surface area contributed by atoms with E-state index in [0.29, 0.717) is 29.8 Å². The highest BCUT2D eigenvalue weighted by molar-refractivity contribution is 6.21. The molecule has 0 fully saturated rings.